The first kappa shape index (κ1) is 15.9. The smallest absolute Gasteiger partial charge is 0.224 e. The van der Waals surface area contributed by atoms with E-state index in [1.165, 1.54) is 30.5 Å². The van der Waals surface area contributed by atoms with Crippen LogP contribution in [0.1, 0.15) is 19.8 Å². The number of hydrogen-bond acceptors (Lipinski definition) is 4. The fourth-order valence-corrected chi connectivity index (χ4v) is 1.72. The molecular weight excluding hydrogens is 285 g/mol. The van der Waals surface area contributed by atoms with Crippen molar-refractivity contribution in [2.45, 2.75) is 25.8 Å². The second-order valence-corrected chi connectivity index (χ2v) is 5.01. The Hall–Kier alpha value is -2.47. The zero-order valence-electron chi connectivity index (χ0n) is 12.3. The highest BCUT2D eigenvalue weighted by Crippen LogP contribution is 2.20. The summed E-state index contributed by atoms with van der Waals surface area (Å²) in [5.74, 6) is 0.416. The maximum atomic E-state index is 12.8. The molecule has 1 unspecified atom stereocenters. The minimum atomic E-state index is -0.329. The molecule has 0 fully saturated rings. The third-order valence-electron chi connectivity index (χ3n) is 2.88. The number of carbonyl (C=O) groups excluding carboxylic acids is 1. The average Bonchev–Trinajstić information content (AvgIpc) is 2.49. The summed E-state index contributed by atoms with van der Waals surface area (Å²) >= 11 is 0. The topological polar surface area (TPSA) is 77.2 Å². The second kappa shape index (κ2) is 7.51. The lowest BCUT2D eigenvalue weighted by atomic mass is 10.2. The van der Waals surface area contributed by atoms with E-state index in [1.807, 2.05) is 6.92 Å². The van der Waals surface area contributed by atoms with Crippen LogP contribution in [0.4, 0.5) is 10.1 Å². The van der Waals surface area contributed by atoms with Gasteiger partial charge in [0.15, 0.2) is 0 Å². The van der Waals surface area contributed by atoms with Gasteiger partial charge in [0, 0.05) is 18.5 Å². The number of anilines is 1. The lowest BCUT2D eigenvalue weighted by Gasteiger charge is -2.08. The Morgan fingerprint density at radius 2 is 2.05 bits per heavy atom. The van der Waals surface area contributed by atoms with Gasteiger partial charge in [-0.2, -0.15) is 0 Å². The first-order valence-electron chi connectivity index (χ1n) is 6.98. The van der Waals surface area contributed by atoms with Crippen LogP contribution in [0.5, 0.6) is 11.6 Å². The Morgan fingerprint density at radius 1 is 1.32 bits per heavy atom. The molecule has 22 heavy (non-hydrogen) atoms. The summed E-state index contributed by atoms with van der Waals surface area (Å²) in [5, 5.41) is 2.73. The average molecular weight is 303 g/mol. The molecule has 0 aliphatic rings. The first-order valence-corrected chi connectivity index (χ1v) is 6.98. The summed E-state index contributed by atoms with van der Waals surface area (Å²) in [7, 11) is 0. The predicted octanol–water partition coefficient (Wildman–Crippen LogP) is 3.08. The van der Waals surface area contributed by atoms with Crippen LogP contribution in [0.25, 0.3) is 0 Å². The molecule has 1 amide bonds. The molecule has 2 aromatic rings. The highest BCUT2D eigenvalue weighted by Gasteiger charge is 2.05. The molecule has 1 heterocycles. The molecule has 2 rings (SSSR count). The predicted molar refractivity (Wildman–Crippen MR) is 82.2 cm³/mol. The van der Waals surface area contributed by atoms with E-state index in [4.69, 9.17) is 10.5 Å². The monoisotopic (exact) mass is 303 g/mol. The highest BCUT2D eigenvalue weighted by atomic mass is 19.1. The summed E-state index contributed by atoms with van der Waals surface area (Å²) < 4.78 is 18.3. The lowest BCUT2D eigenvalue weighted by Crippen LogP contribution is -2.19. The van der Waals surface area contributed by atoms with E-state index in [-0.39, 0.29) is 17.8 Å². The molecule has 3 N–H and O–H groups in total. The molecule has 0 aliphatic carbocycles. The van der Waals surface area contributed by atoms with Crippen LogP contribution in [0.3, 0.4) is 0 Å². The summed E-state index contributed by atoms with van der Waals surface area (Å²) in [6.07, 6.45) is 2.50. The van der Waals surface area contributed by atoms with Crippen molar-refractivity contribution in [3.63, 3.8) is 0 Å². The van der Waals surface area contributed by atoms with Gasteiger partial charge >= 0.3 is 0 Å². The third-order valence-corrected chi connectivity index (χ3v) is 2.88. The number of nitrogens with two attached hydrogens (primary N) is 1. The molecule has 0 saturated carbocycles. The van der Waals surface area contributed by atoms with Crippen LogP contribution in [-0.4, -0.2) is 16.9 Å². The van der Waals surface area contributed by atoms with Gasteiger partial charge in [0.05, 0.1) is 11.9 Å². The minimum Gasteiger partial charge on any atom is -0.439 e. The largest absolute Gasteiger partial charge is 0.439 e. The molecule has 0 aliphatic heterocycles. The maximum Gasteiger partial charge on any atom is 0.224 e. The van der Waals surface area contributed by atoms with Crippen molar-refractivity contribution in [1.29, 1.82) is 0 Å². The van der Waals surface area contributed by atoms with E-state index in [1.54, 1.807) is 12.1 Å². The molecule has 0 saturated heterocycles. The van der Waals surface area contributed by atoms with Crippen LogP contribution in [0.15, 0.2) is 42.6 Å². The summed E-state index contributed by atoms with van der Waals surface area (Å²) in [6.45, 7) is 1.86. The Morgan fingerprint density at radius 3 is 2.64 bits per heavy atom. The van der Waals surface area contributed by atoms with Gasteiger partial charge in [0.1, 0.15) is 11.6 Å². The van der Waals surface area contributed by atoms with Crippen molar-refractivity contribution < 1.29 is 13.9 Å². The molecule has 116 valence electrons. The van der Waals surface area contributed by atoms with Gasteiger partial charge in [0.25, 0.3) is 0 Å². The fourth-order valence-electron chi connectivity index (χ4n) is 1.72. The zero-order chi connectivity index (χ0) is 15.9. The van der Waals surface area contributed by atoms with Crippen molar-refractivity contribution in [2.24, 2.45) is 5.73 Å². The van der Waals surface area contributed by atoms with Gasteiger partial charge in [-0.05, 0) is 43.7 Å². The minimum absolute atomic E-state index is 0.00430. The normalized spacial score (nSPS) is 11.8. The van der Waals surface area contributed by atoms with Gasteiger partial charge in [-0.25, -0.2) is 9.37 Å². The summed E-state index contributed by atoms with van der Waals surface area (Å²) in [6, 6.07) is 8.96. The van der Waals surface area contributed by atoms with Crippen LogP contribution < -0.4 is 15.8 Å². The molecular formula is C16H18FN3O2. The molecule has 1 aromatic heterocycles. The zero-order valence-corrected chi connectivity index (χ0v) is 12.3. The Balaban J connectivity index is 1.90. The first-order chi connectivity index (χ1) is 10.5. The molecule has 5 nitrogen and oxygen atoms in total. The van der Waals surface area contributed by atoms with Gasteiger partial charge in [-0.3, -0.25) is 4.79 Å². The van der Waals surface area contributed by atoms with E-state index in [0.717, 1.165) is 0 Å². The van der Waals surface area contributed by atoms with Crippen molar-refractivity contribution in [1.82, 2.24) is 4.98 Å². The van der Waals surface area contributed by atoms with E-state index >= 15 is 0 Å². The maximum absolute atomic E-state index is 12.8. The summed E-state index contributed by atoms with van der Waals surface area (Å²) in [4.78, 5) is 15.8. The second-order valence-electron chi connectivity index (χ2n) is 5.01. The summed E-state index contributed by atoms with van der Waals surface area (Å²) in [5.41, 5.74) is 6.19. The number of hydrogen-bond donors (Lipinski definition) is 2. The van der Waals surface area contributed by atoms with E-state index in [9.17, 15) is 9.18 Å². The van der Waals surface area contributed by atoms with Crippen molar-refractivity contribution >= 4 is 11.6 Å². The molecule has 0 spiro atoms. The number of pyridine rings is 1. The number of aromatic nitrogens is 1. The number of rotatable bonds is 6. The van der Waals surface area contributed by atoms with Crippen molar-refractivity contribution in [3.8, 4) is 11.6 Å². The van der Waals surface area contributed by atoms with E-state index in [2.05, 4.69) is 10.3 Å². The number of carbonyl (C=O) groups is 1. The number of amides is 1. The number of ether oxygens (including phenoxy) is 1. The van der Waals surface area contributed by atoms with Gasteiger partial charge < -0.3 is 15.8 Å². The van der Waals surface area contributed by atoms with Crippen molar-refractivity contribution in [3.05, 3.63) is 48.4 Å². The Bertz CT molecular complexity index is 612. The number of nitrogens with zero attached hydrogens (tertiary/aromatic N) is 1. The van der Waals surface area contributed by atoms with Gasteiger partial charge in [-0.1, -0.05) is 0 Å². The van der Waals surface area contributed by atoms with Crippen LogP contribution in [0, 0.1) is 5.82 Å². The van der Waals surface area contributed by atoms with Crippen molar-refractivity contribution in [2.75, 3.05) is 5.32 Å². The van der Waals surface area contributed by atoms with Crippen LogP contribution >= 0.6 is 0 Å². The SMILES string of the molecule is CC(N)CCC(=O)Nc1ccc(Oc2ccc(F)cc2)nc1. The molecule has 0 radical (unpaired) electrons. The Labute approximate surface area is 128 Å². The molecule has 6 heteroatoms. The molecule has 1 aromatic carbocycles. The highest BCUT2D eigenvalue weighted by molar-refractivity contribution is 5.90. The van der Waals surface area contributed by atoms with E-state index in [0.29, 0.717) is 30.2 Å². The molecule has 0 bridgehead atoms. The van der Waals surface area contributed by atoms with Crippen LogP contribution in [0.2, 0.25) is 0 Å². The van der Waals surface area contributed by atoms with Gasteiger partial charge in [0.2, 0.25) is 11.8 Å². The lowest BCUT2D eigenvalue weighted by molar-refractivity contribution is -0.116. The third kappa shape index (κ3) is 5.14. The quantitative estimate of drug-likeness (QED) is 0.859. The number of halogens is 1. The Kier molecular flexibility index (Phi) is 5.43. The standard InChI is InChI=1S/C16H18FN3O2/c1-11(18)2-8-15(21)20-13-5-9-16(19-10-13)22-14-6-3-12(17)4-7-14/h3-7,9-11H,2,8,18H2,1H3,(H,20,21). The fraction of sp³-hybridized carbons (Fsp3) is 0.250. The molecule has 1 atom stereocenters. The number of nitrogens with one attached hydrogen (secondary N) is 1. The van der Waals surface area contributed by atoms with E-state index < -0.39 is 0 Å². The number of benzene rings is 1. The van der Waals surface area contributed by atoms with Crippen LogP contribution in [-0.2, 0) is 4.79 Å². The van der Waals surface area contributed by atoms with Gasteiger partial charge in [-0.15, -0.1) is 0 Å².